The minimum absolute atomic E-state index is 0.262. The SMILES string of the molecule is COc1cccc(OC)c1C1=CC=CC(C2CCCCC2)(C2CCCCC2)[CH]1[Pd][C](C)(C)C. The van der Waals surface area contributed by atoms with E-state index in [-0.39, 0.29) is 5.41 Å². The summed E-state index contributed by atoms with van der Waals surface area (Å²) in [7, 11) is 3.60. The summed E-state index contributed by atoms with van der Waals surface area (Å²) >= 11 is 0.597. The molecule has 0 radical (unpaired) electrons. The molecule has 2 fully saturated rings. The van der Waals surface area contributed by atoms with Gasteiger partial charge in [0.15, 0.2) is 0 Å². The first-order valence-corrected chi connectivity index (χ1v) is 14.8. The molecule has 2 saturated carbocycles. The van der Waals surface area contributed by atoms with Gasteiger partial charge >= 0.3 is 211 Å². The first-order valence-electron chi connectivity index (χ1n) is 13.1. The van der Waals surface area contributed by atoms with Crippen LogP contribution in [0, 0.1) is 17.3 Å². The van der Waals surface area contributed by atoms with E-state index in [0.717, 1.165) is 23.3 Å². The van der Waals surface area contributed by atoms with Crippen molar-refractivity contribution in [3.63, 3.8) is 0 Å². The van der Waals surface area contributed by atoms with Crippen molar-refractivity contribution in [3.8, 4) is 11.5 Å². The molecule has 0 amide bonds. The zero-order valence-corrected chi connectivity index (χ0v) is 23.0. The molecule has 4 rings (SSSR count). The summed E-state index contributed by atoms with van der Waals surface area (Å²) in [6.07, 6.45) is 21.5. The Kier molecular flexibility index (Phi) is 8.13. The van der Waals surface area contributed by atoms with Gasteiger partial charge < -0.3 is 0 Å². The van der Waals surface area contributed by atoms with E-state index in [1.54, 1.807) is 14.2 Å². The van der Waals surface area contributed by atoms with Crippen molar-refractivity contribution in [2.24, 2.45) is 17.3 Å². The molecule has 1 atom stereocenters. The topological polar surface area (TPSA) is 18.5 Å². The Labute approximate surface area is 210 Å². The predicted molar refractivity (Wildman–Crippen MR) is 136 cm³/mol. The third-order valence-corrected chi connectivity index (χ3v) is 11.1. The van der Waals surface area contributed by atoms with Crippen LogP contribution >= 0.6 is 0 Å². The van der Waals surface area contributed by atoms with Crippen LogP contribution in [0.1, 0.15) is 90.5 Å². The fourth-order valence-corrected chi connectivity index (χ4v) is 9.91. The van der Waals surface area contributed by atoms with Crippen LogP contribution < -0.4 is 9.47 Å². The fourth-order valence-electron chi connectivity index (χ4n) is 6.68. The molecular formula is C30H44O2Pd. The standard InChI is InChI=1S/C26H35O2.C4H9.Pd/c1-27-23-16-9-17-24(28-2)25(23)20-11-10-18-26(19-20,21-12-5-3-6-13-21)22-14-7-4-8-15-22;1-4(2)3;/h9-11,16-19,21-22H,3-8,12-15H2,1-2H3;1-3H3;. The summed E-state index contributed by atoms with van der Waals surface area (Å²) in [4.78, 5) is 0. The van der Waals surface area contributed by atoms with Crippen molar-refractivity contribution >= 4 is 5.57 Å². The summed E-state index contributed by atoms with van der Waals surface area (Å²) in [5.74, 6) is 3.48. The Morgan fingerprint density at radius 2 is 1.33 bits per heavy atom. The van der Waals surface area contributed by atoms with E-state index in [1.165, 1.54) is 75.3 Å². The quantitative estimate of drug-likeness (QED) is 0.334. The van der Waals surface area contributed by atoms with Crippen molar-refractivity contribution in [2.45, 2.75) is 93.3 Å². The summed E-state index contributed by atoms with van der Waals surface area (Å²) in [6.45, 7) is 7.34. The van der Waals surface area contributed by atoms with E-state index in [2.05, 4.69) is 57.2 Å². The Morgan fingerprint density at radius 3 is 1.79 bits per heavy atom. The Balaban J connectivity index is 1.90. The average molecular weight is 543 g/mol. The maximum atomic E-state index is 5.94. The molecule has 0 bridgehead atoms. The van der Waals surface area contributed by atoms with E-state index < -0.39 is 0 Å². The van der Waals surface area contributed by atoms with Gasteiger partial charge in [-0.3, -0.25) is 0 Å². The average Bonchev–Trinajstić information content (AvgIpc) is 2.84. The van der Waals surface area contributed by atoms with Gasteiger partial charge in [0, 0.05) is 0 Å². The van der Waals surface area contributed by atoms with Crippen LogP contribution in [0.2, 0.25) is 8.28 Å². The number of ether oxygens (including phenoxy) is 2. The Bertz CT molecular complexity index is 810. The molecule has 1 aromatic rings. The van der Waals surface area contributed by atoms with Gasteiger partial charge in [-0.25, -0.2) is 0 Å². The molecule has 0 aliphatic heterocycles. The van der Waals surface area contributed by atoms with Gasteiger partial charge in [0.1, 0.15) is 0 Å². The summed E-state index contributed by atoms with van der Waals surface area (Å²) in [5.41, 5.74) is 2.92. The first kappa shape index (κ1) is 25.1. The maximum absolute atomic E-state index is 5.94. The molecule has 0 aromatic heterocycles. The van der Waals surface area contributed by atoms with Gasteiger partial charge in [-0.2, -0.15) is 0 Å². The molecule has 186 valence electrons. The normalized spacial score (nSPS) is 24.5. The molecule has 1 aromatic carbocycles. The van der Waals surface area contributed by atoms with Gasteiger partial charge in [0.25, 0.3) is 0 Å². The predicted octanol–water partition coefficient (Wildman–Crippen LogP) is 8.89. The molecule has 1 unspecified atom stereocenters. The molecule has 33 heavy (non-hydrogen) atoms. The van der Waals surface area contributed by atoms with E-state index in [1.807, 2.05) is 0 Å². The van der Waals surface area contributed by atoms with Gasteiger partial charge in [-0.15, -0.1) is 0 Å². The first-order chi connectivity index (χ1) is 15.9. The van der Waals surface area contributed by atoms with Crippen molar-refractivity contribution in [3.05, 3.63) is 42.0 Å². The van der Waals surface area contributed by atoms with E-state index in [0.29, 0.717) is 26.3 Å². The summed E-state index contributed by atoms with van der Waals surface area (Å²) in [6, 6.07) is 6.28. The van der Waals surface area contributed by atoms with E-state index >= 15 is 0 Å². The number of allylic oxidation sites excluding steroid dienone is 4. The number of hydrogen-bond donors (Lipinski definition) is 0. The third kappa shape index (κ3) is 5.16. The van der Waals surface area contributed by atoms with Crippen molar-refractivity contribution in [1.29, 1.82) is 0 Å². The van der Waals surface area contributed by atoms with E-state index in [4.69, 9.17) is 9.47 Å². The third-order valence-electron chi connectivity index (χ3n) is 8.03. The zero-order chi connectivity index (χ0) is 23.5. The second-order valence-electron chi connectivity index (χ2n) is 11.1. The molecule has 3 heteroatoms. The van der Waals surface area contributed by atoms with Crippen LogP contribution in [0.4, 0.5) is 0 Å². The number of hydrogen-bond acceptors (Lipinski definition) is 2. The van der Waals surface area contributed by atoms with Gasteiger partial charge in [-0.1, -0.05) is 0 Å². The molecule has 0 heterocycles. The molecular weight excluding hydrogens is 499 g/mol. The number of rotatable bonds is 6. The Hall–Kier alpha value is -1.04. The number of benzene rings is 1. The molecule has 2 nitrogen and oxygen atoms in total. The van der Waals surface area contributed by atoms with Gasteiger partial charge in [0.05, 0.1) is 0 Å². The molecule has 3 aliphatic carbocycles. The van der Waals surface area contributed by atoms with Crippen molar-refractivity contribution in [1.82, 2.24) is 0 Å². The molecule has 0 saturated heterocycles. The fraction of sp³-hybridized carbons (Fsp3) is 0.667. The van der Waals surface area contributed by atoms with Crippen molar-refractivity contribution in [2.75, 3.05) is 14.2 Å². The molecule has 0 spiro atoms. The Morgan fingerprint density at radius 1 is 0.818 bits per heavy atom. The summed E-state index contributed by atoms with van der Waals surface area (Å²) in [5, 5.41) is 0. The second-order valence-corrected chi connectivity index (χ2v) is 14.8. The van der Waals surface area contributed by atoms with Gasteiger partial charge in [-0.05, 0) is 0 Å². The zero-order valence-electron chi connectivity index (χ0n) is 21.4. The van der Waals surface area contributed by atoms with Crippen LogP contribution in [0.5, 0.6) is 11.5 Å². The molecule has 0 N–H and O–H groups in total. The van der Waals surface area contributed by atoms with Crippen LogP contribution in [0.15, 0.2) is 36.4 Å². The number of methoxy groups -OCH3 is 2. The minimum atomic E-state index is 0.262. The van der Waals surface area contributed by atoms with E-state index in [9.17, 15) is 0 Å². The van der Waals surface area contributed by atoms with Crippen LogP contribution in [0.25, 0.3) is 5.57 Å². The monoisotopic (exact) mass is 542 g/mol. The van der Waals surface area contributed by atoms with Crippen LogP contribution in [0.3, 0.4) is 0 Å². The second kappa shape index (κ2) is 10.7. The summed E-state index contributed by atoms with van der Waals surface area (Å²) < 4.78 is 12.7. The van der Waals surface area contributed by atoms with Crippen molar-refractivity contribution < 1.29 is 27.5 Å². The molecule has 3 aliphatic rings. The van der Waals surface area contributed by atoms with Crippen LogP contribution in [-0.2, 0) is 18.0 Å². The van der Waals surface area contributed by atoms with Crippen LogP contribution in [-0.4, -0.2) is 14.2 Å². The van der Waals surface area contributed by atoms with Gasteiger partial charge in [0.2, 0.25) is 0 Å².